The number of carbonyl (C=O) groups excluding carboxylic acids is 1. The van der Waals surface area contributed by atoms with Crippen LogP contribution in [0.25, 0.3) is 0 Å². The van der Waals surface area contributed by atoms with E-state index in [0.717, 1.165) is 6.07 Å². The fourth-order valence-corrected chi connectivity index (χ4v) is 4.13. The van der Waals surface area contributed by atoms with Gasteiger partial charge in [-0.15, -0.1) is 0 Å². The molecule has 0 aliphatic carbocycles. The van der Waals surface area contributed by atoms with Crippen molar-refractivity contribution in [1.82, 2.24) is 14.4 Å². The second-order valence-electron chi connectivity index (χ2n) is 5.77. The Morgan fingerprint density at radius 2 is 1.92 bits per heavy atom. The number of hydrogen-bond donors (Lipinski definition) is 0. The summed E-state index contributed by atoms with van der Waals surface area (Å²) in [6.45, 7) is 2.24. The molecule has 0 bridgehead atoms. The molecule has 10 nitrogen and oxygen atoms in total. The number of aromatic nitrogens is 1. The highest BCUT2D eigenvalue weighted by atomic mass is 32.2. The molecule has 1 saturated heterocycles. The van der Waals surface area contributed by atoms with E-state index in [9.17, 15) is 23.3 Å². The van der Waals surface area contributed by atoms with Crippen LogP contribution in [0.3, 0.4) is 0 Å². The Bertz CT molecular complexity index is 947. The Hall–Kier alpha value is -2.79. The van der Waals surface area contributed by atoms with Gasteiger partial charge in [0.25, 0.3) is 11.6 Å². The zero-order chi connectivity index (χ0) is 18.9. The lowest BCUT2D eigenvalue weighted by atomic mass is 10.3. The third-order valence-corrected chi connectivity index (χ3v) is 5.93. The number of rotatable bonds is 4. The van der Waals surface area contributed by atoms with Gasteiger partial charge >= 0.3 is 0 Å². The quantitative estimate of drug-likeness (QED) is 0.573. The maximum Gasteiger partial charge on any atom is 0.276 e. The summed E-state index contributed by atoms with van der Waals surface area (Å²) in [5.41, 5.74) is -0.112. The van der Waals surface area contributed by atoms with Crippen molar-refractivity contribution in [2.75, 3.05) is 26.2 Å². The first kappa shape index (κ1) is 18.0. The van der Waals surface area contributed by atoms with Crippen LogP contribution >= 0.6 is 0 Å². The monoisotopic (exact) mass is 380 g/mol. The number of nitro benzene ring substituents is 1. The highest BCUT2D eigenvalue weighted by molar-refractivity contribution is 7.89. The molecule has 0 radical (unpaired) electrons. The molecule has 0 N–H and O–H groups in total. The number of amides is 1. The summed E-state index contributed by atoms with van der Waals surface area (Å²) in [4.78, 5) is 23.9. The van der Waals surface area contributed by atoms with Gasteiger partial charge in [-0.05, 0) is 13.0 Å². The number of carbonyl (C=O) groups is 1. The third kappa shape index (κ3) is 3.44. The van der Waals surface area contributed by atoms with E-state index in [1.807, 2.05) is 0 Å². The minimum Gasteiger partial charge on any atom is -0.361 e. The normalized spacial score (nSPS) is 15.8. The van der Waals surface area contributed by atoms with Crippen LogP contribution in [0.4, 0.5) is 5.69 Å². The zero-order valence-electron chi connectivity index (χ0n) is 13.9. The summed E-state index contributed by atoms with van der Waals surface area (Å²) in [6.07, 6.45) is 0. The molecule has 0 saturated carbocycles. The van der Waals surface area contributed by atoms with Crippen LogP contribution in [0.15, 0.2) is 39.8 Å². The van der Waals surface area contributed by atoms with Gasteiger partial charge in [0.05, 0.1) is 9.82 Å². The lowest BCUT2D eigenvalue weighted by Crippen LogP contribution is -2.50. The highest BCUT2D eigenvalue weighted by Gasteiger charge is 2.31. The summed E-state index contributed by atoms with van der Waals surface area (Å²) in [6, 6.07) is 6.44. The number of benzene rings is 1. The lowest BCUT2D eigenvalue weighted by molar-refractivity contribution is -0.385. The predicted octanol–water partition coefficient (Wildman–Crippen LogP) is 1.04. The van der Waals surface area contributed by atoms with Gasteiger partial charge in [-0.1, -0.05) is 11.2 Å². The molecule has 26 heavy (non-hydrogen) atoms. The molecule has 11 heteroatoms. The van der Waals surface area contributed by atoms with Crippen LogP contribution in [0, 0.1) is 17.0 Å². The summed E-state index contributed by atoms with van der Waals surface area (Å²) in [5.74, 6) is 0.189. The molecule has 2 aromatic rings. The van der Waals surface area contributed by atoms with Crippen molar-refractivity contribution in [3.63, 3.8) is 0 Å². The van der Waals surface area contributed by atoms with Crippen molar-refractivity contribution in [3.8, 4) is 0 Å². The highest BCUT2D eigenvalue weighted by Crippen LogP contribution is 2.22. The smallest absolute Gasteiger partial charge is 0.276 e. The van der Waals surface area contributed by atoms with Gasteiger partial charge in [-0.2, -0.15) is 4.31 Å². The summed E-state index contributed by atoms with van der Waals surface area (Å²) < 4.78 is 31.5. The first-order valence-corrected chi connectivity index (χ1v) is 9.20. The van der Waals surface area contributed by atoms with Crippen LogP contribution < -0.4 is 0 Å². The van der Waals surface area contributed by atoms with E-state index in [1.165, 1.54) is 33.5 Å². The number of nitrogens with zero attached hydrogens (tertiary/aromatic N) is 4. The minimum atomic E-state index is -3.87. The molecule has 3 rings (SSSR count). The SMILES string of the molecule is Cc1cc(C(=O)N2CCN(S(=O)(=O)c3cccc([N+](=O)[O-])c3)CC2)no1. The maximum atomic E-state index is 12.7. The standard InChI is InChI=1S/C15H16N4O6S/c1-11-9-14(16-25-11)15(20)17-5-7-18(8-6-17)26(23,24)13-4-2-3-12(10-13)19(21)22/h2-4,9-10H,5-8H2,1H3. The molecule has 1 aliphatic heterocycles. The van der Waals surface area contributed by atoms with E-state index in [1.54, 1.807) is 6.92 Å². The number of sulfonamides is 1. The average Bonchev–Trinajstić information content (AvgIpc) is 3.07. The van der Waals surface area contributed by atoms with Crippen LogP contribution in [-0.4, -0.2) is 59.8 Å². The van der Waals surface area contributed by atoms with Gasteiger partial charge in [0, 0.05) is 44.4 Å². The van der Waals surface area contributed by atoms with Crippen molar-refractivity contribution < 1.29 is 22.7 Å². The Morgan fingerprint density at radius 1 is 1.23 bits per heavy atom. The van der Waals surface area contributed by atoms with Crippen molar-refractivity contribution in [1.29, 1.82) is 0 Å². The predicted molar refractivity (Wildman–Crippen MR) is 89.0 cm³/mol. The maximum absolute atomic E-state index is 12.7. The third-order valence-electron chi connectivity index (χ3n) is 4.04. The van der Waals surface area contributed by atoms with Gasteiger partial charge in [-0.25, -0.2) is 8.42 Å². The van der Waals surface area contributed by atoms with Crippen LogP contribution in [0.1, 0.15) is 16.2 Å². The second kappa shape index (κ2) is 6.84. The Morgan fingerprint density at radius 3 is 2.50 bits per heavy atom. The zero-order valence-corrected chi connectivity index (χ0v) is 14.7. The molecule has 1 aromatic heterocycles. The van der Waals surface area contributed by atoms with Crippen LogP contribution in [-0.2, 0) is 10.0 Å². The molecular formula is C15H16N4O6S. The Labute approximate surface area is 149 Å². The fraction of sp³-hybridized carbons (Fsp3) is 0.333. The molecular weight excluding hydrogens is 364 g/mol. The van der Waals surface area contributed by atoms with Crippen molar-refractivity contribution in [2.45, 2.75) is 11.8 Å². The Kier molecular flexibility index (Phi) is 4.74. The summed E-state index contributed by atoms with van der Waals surface area (Å²) in [5, 5.41) is 14.5. The molecule has 0 atom stereocenters. The fourth-order valence-electron chi connectivity index (χ4n) is 2.67. The van der Waals surface area contributed by atoms with E-state index >= 15 is 0 Å². The van der Waals surface area contributed by atoms with Crippen molar-refractivity contribution >= 4 is 21.6 Å². The van der Waals surface area contributed by atoms with Crippen LogP contribution in [0.5, 0.6) is 0 Å². The van der Waals surface area contributed by atoms with Crippen LogP contribution in [0.2, 0.25) is 0 Å². The number of piperazine rings is 1. The van der Waals surface area contributed by atoms with Gasteiger partial charge in [0.2, 0.25) is 10.0 Å². The molecule has 138 valence electrons. The molecule has 0 unspecified atom stereocenters. The van der Waals surface area contributed by atoms with Gasteiger partial charge in [0.1, 0.15) is 5.76 Å². The Balaban J connectivity index is 1.72. The van der Waals surface area contributed by atoms with Gasteiger partial charge in [-0.3, -0.25) is 14.9 Å². The topological polar surface area (TPSA) is 127 Å². The van der Waals surface area contributed by atoms with E-state index in [0.29, 0.717) is 5.76 Å². The lowest BCUT2D eigenvalue weighted by Gasteiger charge is -2.33. The molecule has 2 heterocycles. The first-order valence-electron chi connectivity index (χ1n) is 7.76. The van der Waals surface area contributed by atoms with Crippen molar-refractivity contribution in [3.05, 3.63) is 51.9 Å². The number of nitro groups is 1. The van der Waals surface area contributed by atoms with Gasteiger partial charge < -0.3 is 9.42 Å². The van der Waals surface area contributed by atoms with E-state index in [2.05, 4.69) is 5.16 Å². The second-order valence-corrected chi connectivity index (χ2v) is 7.71. The van der Waals surface area contributed by atoms with Gasteiger partial charge in [0.15, 0.2) is 5.69 Å². The average molecular weight is 380 g/mol. The first-order chi connectivity index (χ1) is 12.3. The minimum absolute atomic E-state index is 0.0909. The van der Waals surface area contributed by atoms with E-state index in [-0.39, 0.29) is 48.4 Å². The summed E-state index contributed by atoms with van der Waals surface area (Å²) in [7, 11) is -3.87. The van der Waals surface area contributed by atoms with E-state index < -0.39 is 14.9 Å². The number of aryl methyl sites for hydroxylation is 1. The molecule has 1 fully saturated rings. The van der Waals surface area contributed by atoms with Crippen molar-refractivity contribution in [2.24, 2.45) is 0 Å². The number of hydrogen-bond acceptors (Lipinski definition) is 7. The molecule has 1 amide bonds. The largest absolute Gasteiger partial charge is 0.361 e. The van der Waals surface area contributed by atoms with E-state index in [4.69, 9.17) is 4.52 Å². The number of non-ortho nitro benzene ring substituents is 1. The molecule has 1 aromatic carbocycles. The molecule has 0 spiro atoms. The molecule has 1 aliphatic rings. The summed E-state index contributed by atoms with van der Waals surface area (Å²) >= 11 is 0.